The molecule has 5 aromatic rings. The number of carbonyl (C=O) groups excluding carboxylic acids is 5. The lowest BCUT2D eigenvalue weighted by Gasteiger charge is -2.24. The molecule has 0 unspecified atom stereocenters. The average Bonchev–Trinajstić information content (AvgIpc) is 4.19. The van der Waals surface area contributed by atoms with Gasteiger partial charge >= 0.3 is 12.0 Å². The number of likely N-dealkylation sites (tertiary alicyclic amines) is 1. The number of nitrogens with one attached hydrogen (secondary N) is 6. The number of aromatic amines is 2. The summed E-state index contributed by atoms with van der Waals surface area (Å²) in [6.45, 7) is 14.1. The number of nitrogens with zero attached hydrogens (tertiary/aromatic N) is 4. The number of esters is 1. The summed E-state index contributed by atoms with van der Waals surface area (Å²) in [5.41, 5.74) is 7.36. The number of urea groups is 1. The fourth-order valence-electron chi connectivity index (χ4n) is 8.46. The van der Waals surface area contributed by atoms with Crippen LogP contribution in [0.4, 0.5) is 21.9 Å². The number of aromatic nitrogens is 3. The average molecular weight is 955 g/mol. The third-order valence-corrected chi connectivity index (χ3v) is 12.4. The molecule has 368 valence electrons. The van der Waals surface area contributed by atoms with Crippen molar-refractivity contribution >= 4 is 58.4 Å². The highest BCUT2D eigenvalue weighted by Crippen LogP contribution is 2.36. The minimum atomic E-state index is -0.789. The quantitative estimate of drug-likeness (QED) is 0.0312. The largest absolute Gasteiger partial charge is 0.497 e. The van der Waals surface area contributed by atoms with Gasteiger partial charge in [-0.3, -0.25) is 24.4 Å². The molecule has 0 aliphatic carbocycles. The molecule has 2 aromatic heterocycles. The van der Waals surface area contributed by atoms with Gasteiger partial charge in [0.25, 0.3) is 11.8 Å². The Morgan fingerprint density at radius 2 is 1.73 bits per heavy atom. The van der Waals surface area contributed by atoms with Crippen LogP contribution in [0.3, 0.4) is 0 Å². The van der Waals surface area contributed by atoms with Crippen LogP contribution >= 0.6 is 0 Å². The minimum Gasteiger partial charge on any atom is -0.497 e. The first kappa shape index (κ1) is 50.2. The highest BCUT2D eigenvalue weighted by Gasteiger charge is 2.27. The molecule has 2 aliphatic rings. The van der Waals surface area contributed by atoms with E-state index in [2.05, 4.69) is 60.1 Å². The van der Waals surface area contributed by atoms with Crippen molar-refractivity contribution in [1.29, 1.82) is 0 Å². The molecule has 18 heteroatoms. The number of anilines is 3. The van der Waals surface area contributed by atoms with E-state index in [1.54, 1.807) is 49.8 Å². The maximum absolute atomic E-state index is 14.1. The van der Waals surface area contributed by atoms with Crippen molar-refractivity contribution in [2.24, 2.45) is 0 Å². The monoisotopic (exact) mass is 954 g/mol. The number of methoxy groups -OCH3 is 1. The lowest BCUT2D eigenvalue weighted by molar-refractivity contribution is -0.138. The molecule has 6 N–H and O–H groups in total. The number of ether oxygens (including phenoxy) is 3. The fraction of sp³-hybridized carbons (Fsp3) is 0.346. The van der Waals surface area contributed by atoms with Gasteiger partial charge in [-0.1, -0.05) is 32.0 Å². The smallest absolute Gasteiger partial charge is 0.331 e. The number of fused-ring (bicyclic) bond motifs is 1. The van der Waals surface area contributed by atoms with E-state index < -0.39 is 17.9 Å². The molecule has 0 bridgehead atoms. The van der Waals surface area contributed by atoms with Gasteiger partial charge in [-0.15, -0.1) is 0 Å². The van der Waals surface area contributed by atoms with Crippen molar-refractivity contribution < 1.29 is 38.2 Å². The van der Waals surface area contributed by atoms with E-state index in [4.69, 9.17) is 14.2 Å². The summed E-state index contributed by atoms with van der Waals surface area (Å²) in [5, 5.41) is 18.5. The summed E-state index contributed by atoms with van der Waals surface area (Å²) >= 11 is 0. The summed E-state index contributed by atoms with van der Waals surface area (Å²) in [7, 11) is 1.57. The van der Waals surface area contributed by atoms with Gasteiger partial charge in [0, 0.05) is 78.4 Å². The molecule has 7 rings (SSSR count). The molecule has 1 fully saturated rings. The number of hydrogen-bond donors (Lipinski definition) is 6. The number of amides is 5. The summed E-state index contributed by atoms with van der Waals surface area (Å²) in [5.74, 6) is -0.795. The Hall–Kier alpha value is -7.70. The van der Waals surface area contributed by atoms with Gasteiger partial charge in [-0.2, -0.15) is 5.10 Å². The van der Waals surface area contributed by atoms with Crippen LogP contribution in [0.5, 0.6) is 11.5 Å². The van der Waals surface area contributed by atoms with E-state index in [0.717, 1.165) is 68.1 Å². The number of H-pyrrole nitrogens is 2. The number of likely N-dealkylation sites (N-methyl/N-ethyl adjacent to an activating group) is 1. The molecule has 3 aromatic carbocycles. The van der Waals surface area contributed by atoms with Gasteiger partial charge in [0.15, 0.2) is 0 Å². The molecular formula is C52H62N10O8. The third-order valence-electron chi connectivity index (χ3n) is 12.4. The molecule has 70 heavy (non-hydrogen) atoms. The van der Waals surface area contributed by atoms with Crippen LogP contribution in [-0.2, 0) is 25.7 Å². The second kappa shape index (κ2) is 24.0. The SMILES string of the molecule is CCN(CC)CCNC(=O)c1c(C)[nH]c(/C=C2\C(=O)Nc3ccc(NC(=O)/C=C/C(=O)OCCN(Cc4cccc(OC)c4)C(=O)Nc4ccc(-c5cn[nH]c5)cc4OCCN4CCCC4)cc32)c1C. The molecule has 0 spiro atoms. The number of rotatable bonds is 22. The van der Waals surface area contributed by atoms with Crippen molar-refractivity contribution in [3.05, 3.63) is 119 Å². The molecule has 2 aliphatic heterocycles. The maximum atomic E-state index is 14.1. The molecule has 18 nitrogen and oxygen atoms in total. The van der Waals surface area contributed by atoms with Crippen LogP contribution in [0.2, 0.25) is 0 Å². The molecule has 0 atom stereocenters. The van der Waals surface area contributed by atoms with Crippen molar-refractivity contribution in [1.82, 2.24) is 35.2 Å². The fourth-order valence-corrected chi connectivity index (χ4v) is 8.46. The first-order valence-corrected chi connectivity index (χ1v) is 23.6. The molecule has 0 saturated carbocycles. The van der Waals surface area contributed by atoms with Crippen LogP contribution in [0, 0.1) is 13.8 Å². The molecule has 0 radical (unpaired) electrons. The lowest BCUT2D eigenvalue weighted by atomic mass is 10.0. The normalized spacial score (nSPS) is 13.9. The summed E-state index contributed by atoms with van der Waals surface area (Å²) in [4.78, 5) is 75.7. The molecular weight excluding hydrogens is 893 g/mol. The Morgan fingerprint density at radius 1 is 0.914 bits per heavy atom. The predicted octanol–water partition coefficient (Wildman–Crippen LogP) is 6.84. The van der Waals surface area contributed by atoms with E-state index in [9.17, 15) is 24.0 Å². The van der Waals surface area contributed by atoms with Crippen molar-refractivity contribution in [3.8, 4) is 22.6 Å². The highest BCUT2D eigenvalue weighted by molar-refractivity contribution is 6.35. The van der Waals surface area contributed by atoms with Crippen molar-refractivity contribution in [3.63, 3.8) is 0 Å². The zero-order chi connectivity index (χ0) is 49.6. The zero-order valence-electron chi connectivity index (χ0n) is 40.4. The summed E-state index contributed by atoms with van der Waals surface area (Å²) < 4.78 is 17.2. The van der Waals surface area contributed by atoms with Crippen molar-refractivity contribution in [2.45, 2.75) is 47.1 Å². The predicted molar refractivity (Wildman–Crippen MR) is 270 cm³/mol. The third kappa shape index (κ3) is 13.1. The summed E-state index contributed by atoms with van der Waals surface area (Å²) in [6, 6.07) is 17.4. The van der Waals surface area contributed by atoms with Gasteiger partial charge in [-0.25, -0.2) is 9.59 Å². The first-order valence-electron chi connectivity index (χ1n) is 23.6. The lowest BCUT2D eigenvalue weighted by Crippen LogP contribution is -2.37. The Morgan fingerprint density at radius 3 is 2.49 bits per heavy atom. The number of aryl methyl sites for hydroxylation is 1. The Labute approximate surface area is 407 Å². The van der Waals surface area contributed by atoms with Gasteiger partial charge in [0.05, 0.1) is 36.7 Å². The van der Waals surface area contributed by atoms with E-state index in [1.807, 2.05) is 50.2 Å². The molecule has 4 heterocycles. The number of hydrogen-bond acceptors (Lipinski definition) is 11. The second-order valence-corrected chi connectivity index (χ2v) is 17.0. The van der Waals surface area contributed by atoms with E-state index in [-0.39, 0.29) is 31.5 Å². The van der Waals surface area contributed by atoms with Gasteiger partial charge < -0.3 is 50.3 Å². The van der Waals surface area contributed by atoms with Crippen LogP contribution in [0.1, 0.15) is 65.1 Å². The van der Waals surface area contributed by atoms with E-state index >= 15 is 0 Å². The van der Waals surface area contributed by atoms with Crippen molar-refractivity contribution in [2.75, 3.05) is 88.6 Å². The first-order chi connectivity index (χ1) is 33.9. The Bertz CT molecular complexity index is 2720. The van der Waals surface area contributed by atoms with Crippen LogP contribution in [0.25, 0.3) is 22.8 Å². The standard InChI is InChI=1S/C52H62N10O8/c1-6-60(7-2)22-19-53-51(66)49-34(3)45(56-35(49)4)30-42-41-29-39(14-16-43(41)58-50(42)65)57-47(63)17-18-48(64)70-26-24-62(33-36-11-10-12-40(27-36)68-5)52(67)59-44-15-13-37(38-31-54-55-32-38)28-46(44)69-25-23-61-20-8-9-21-61/h10-18,27-32,56H,6-9,19-26,33H2,1-5H3,(H,53,66)(H,54,55)(H,57,63)(H,58,65)(H,59,67)/b18-17+,42-30-. The van der Waals surface area contributed by atoms with Gasteiger partial charge in [0.1, 0.15) is 24.7 Å². The van der Waals surface area contributed by atoms with Crippen LogP contribution < -0.4 is 30.7 Å². The number of benzene rings is 3. The number of carbonyl (C=O) groups is 5. The van der Waals surface area contributed by atoms with Gasteiger partial charge in [0.2, 0.25) is 5.91 Å². The minimum absolute atomic E-state index is 0.0118. The van der Waals surface area contributed by atoms with Gasteiger partial charge in [-0.05, 0) is 118 Å². The van der Waals surface area contributed by atoms with Crippen LogP contribution in [-0.4, -0.2) is 132 Å². The Balaban J connectivity index is 0.972. The zero-order valence-corrected chi connectivity index (χ0v) is 40.4. The molecule has 1 saturated heterocycles. The van der Waals surface area contributed by atoms with E-state index in [1.165, 1.54) is 17.7 Å². The molecule has 5 amide bonds. The highest BCUT2D eigenvalue weighted by atomic mass is 16.5. The second-order valence-electron chi connectivity index (χ2n) is 17.0. The maximum Gasteiger partial charge on any atom is 0.331 e. The van der Waals surface area contributed by atoms with E-state index in [0.29, 0.717) is 75.4 Å². The Kier molecular flexibility index (Phi) is 17.2. The van der Waals surface area contributed by atoms with Crippen LogP contribution in [0.15, 0.2) is 85.2 Å². The topological polar surface area (TPSA) is 215 Å². The summed E-state index contributed by atoms with van der Waals surface area (Å²) in [6.07, 6.45) is 9.59.